The van der Waals surface area contributed by atoms with Crippen LogP contribution in [-0.2, 0) is 12.8 Å². The van der Waals surface area contributed by atoms with E-state index in [1.807, 2.05) is 4.90 Å². The SMILES string of the molecule is CC1CCN(C(=O)Nc2c3c(cc4c2OCC4)OCC3)CC1. The van der Waals surface area contributed by atoms with Crippen molar-refractivity contribution in [1.82, 2.24) is 4.90 Å². The highest BCUT2D eigenvalue weighted by atomic mass is 16.5. The van der Waals surface area contributed by atoms with E-state index in [0.717, 1.165) is 67.1 Å². The number of rotatable bonds is 1. The first-order chi connectivity index (χ1) is 10.7. The van der Waals surface area contributed by atoms with Gasteiger partial charge in [0.15, 0.2) is 0 Å². The van der Waals surface area contributed by atoms with Gasteiger partial charge in [0.25, 0.3) is 0 Å². The first kappa shape index (κ1) is 13.7. The fraction of sp³-hybridized carbons (Fsp3) is 0.588. The van der Waals surface area contributed by atoms with Crippen molar-refractivity contribution in [2.45, 2.75) is 32.6 Å². The molecule has 0 aromatic heterocycles. The normalized spacial score (nSPS) is 20.1. The third-order valence-electron chi connectivity index (χ3n) is 4.95. The van der Waals surface area contributed by atoms with Gasteiger partial charge in [-0.15, -0.1) is 0 Å². The summed E-state index contributed by atoms with van der Waals surface area (Å²) in [7, 11) is 0. The molecule has 1 fully saturated rings. The molecule has 1 aromatic rings. The maximum Gasteiger partial charge on any atom is 0.321 e. The minimum absolute atomic E-state index is 0.00935. The van der Waals surface area contributed by atoms with Crippen LogP contribution in [0.2, 0.25) is 0 Å². The fourth-order valence-electron chi connectivity index (χ4n) is 3.52. The number of ether oxygens (including phenoxy) is 2. The zero-order valence-electron chi connectivity index (χ0n) is 13.0. The third-order valence-corrected chi connectivity index (χ3v) is 4.95. The lowest BCUT2D eigenvalue weighted by molar-refractivity contribution is 0.186. The Bertz CT molecular complexity index is 574. The van der Waals surface area contributed by atoms with Gasteiger partial charge in [-0.2, -0.15) is 0 Å². The Morgan fingerprint density at radius 2 is 2.00 bits per heavy atom. The molecule has 0 spiro atoms. The van der Waals surface area contributed by atoms with Crippen LogP contribution in [0.3, 0.4) is 0 Å². The maximum atomic E-state index is 12.6. The highest BCUT2D eigenvalue weighted by Crippen LogP contribution is 2.44. The highest BCUT2D eigenvalue weighted by Gasteiger charge is 2.29. The van der Waals surface area contributed by atoms with Crippen molar-refractivity contribution in [1.29, 1.82) is 0 Å². The van der Waals surface area contributed by atoms with Crippen LogP contribution < -0.4 is 14.8 Å². The minimum Gasteiger partial charge on any atom is -0.493 e. The second-order valence-corrected chi connectivity index (χ2v) is 6.51. The summed E-state index contributed by atoms with van der Waals surface area (Å²) in [6.45, 7) is 5.28. The summed E-state index contributed by atoms with van der Waals surface area (Å²) < 4.78 is 11.5. The van der Waals surface area contributed by atoms with Crippen LogP contribution >= 0.6 is 0 Å². The standard InChI is InChI=1S/C17H22N2O3/c1-11-2-6-19(7-3-11)17(20)18-15-13-5-9-21-14(13)10-12-4-8-22-16(12)15/h10-11H,2-9H2,1H3,(H,18,20). The van der Waals surface area contributed by atoms with Gasteiger partial charge in [0.2, 0.25) is 0 Å². The average molecular weight is 302 g/mol. The molecule has 0 aliphatic carbocycles. The zero-order valence-corrected chi connectivity index (χ0v) is 13.0. The number of benzene rings is 1. The minimum atomic E-state index is -0.00935. The van der Waals surface area contributed by atoms with E-state index in [2.05, 4.69) is 18.3 Å². The van der Waals surface area contributed by atoms with Crippen LogP contribution in [0, 0.1) is 5.92 Å². The van der Waals surface area contributed by atoms with Gasteiger partial charge in [0.1, 0.15) is 11.5 Å². The van der Waals surface area contributed by atoms with Crippen molar-refractivity contribution in [3.8, 4) is 11.5 Å². The van der Waals surface area contributed by atoms with E-state index in [1.54, 1.807) is 0 Å². The number of nitrogens with one attached hydrogen (secondary N) is 1. The number of urea groups is 1. The second-order valence-electron chi connectivity index (χ2n) is 6.51. The quantitative estimate of drug-likeness (QED) is 0.868. The summed E-state index contributed by atoms with van der Waals surface area (Å²) >= 11 is 0. The summed E-state index contributed by atoms with van der Waals surface area (Å²) in [6, 6.07) is 2.06. The Hall–Kier alpha value is -1.91. The van der Waals surface area contributed by atoms with Gasteiger partial charge in [-0.1, -0.05) is 6.92 Å². The van der Waals surface area contributed by atoms with E-state index in [-0.39, 0.29) is 6.03 Å². The van der Waals surface area contributed by atoms with E-state index in [9.17, 15) is 4.79 Å². The lowest BCUT2D eigenvalue weighted by Gasteiger charge is -2.30. The van der Waals surface area contributed by atoms with Crippen LogP contribution in [0.4, 0.5) is 10.5 Å². The highest BCUT2D eigenvalue weighted by molar-refractivity contribution is 5.93. The Balaban J connectivity index is 1.59. The van der Waals surface area contributed by atoms with Crippen LogP contribution in [0.15, 0.2) is 6.07 Å². The van der Waals surface area contributed by atoms with Crippen LogP contribution in [-0.4, -0.2) is 37.2 Å². The molecule has 5 nitrogen and oxygen atoms in total. The monoisotopic (exact) mass is 302 g/mol. The number of amides is 2. The van der Waals surface area contributed by atoms with Crippen LogP contribution in [0.25, 0.3) is 0 Å². The van der Waals surface area contributed by atoms with Gasteiger partial charge < -0.3 is 19.7 Å². The number of fused-ring (bicyclic) bond motifs is 2. The van der Waals surface area contributed by atoms with Crippen LogP contribution in [0.5, 0.6) is 11.5 Å². The molecule has 0 unspecified atom stereocenters. The second kappa shape index (κ2) is 5.38. The molecule has 0 radical (unpaired) electrons. The van der Waals surface area contributed by atoms with Gasteiger partial charge in [-0.25, -0.2) is 4.79 Å². The van der Waals surface area contributed by atoms with Gasteiger partial charge in [0.05, 0.1) is 18.9 Å². The number of carbonyl (C=O) groups is 1. The molecule has 22 heavy (non-hydrogen) atoms. The molecule has 118 valence electrons. The fourth-order valence-corrected chi connectivity index (χ4v) is 3.52. The Kier molecular flexibility index (Phi) is 3.36. The number of hydrogen-bond donors (Lipinski definition) is 1. The van der Waals surface area contributed by atoms with Gasteiger partial charge in [0, 0.05) is 37.1 Å². The maximum absolute atomic E-state index is 12.6. The van der Waals surface area contributed by atoms with Gasteiger partial charge >= 0.3 is 6.03 Å². The number of hydrogen-bond acceptors (Lipinski definition) is 3. The molecule has 1 N–H and O–H groups in total. The third kappa shape index (κ3) is 2.28. The van der Waals surface area contributed by atoms with Crippen molar-refractivity contribution < 1.29 is 14.3 Å². The Morgan fingerprint density at radius 3 is 2.82 bits per heavy atom. The van der Waals surface area contributed by atoms with E-state index < -0.39 is 0 Å². The number of nitrogens with zero attached hydrogens (tertiary/aromatic N) is 1. The van der Waals surface area contributed by atoms with E-state index in [0.29, 0.717) is 19.1 Å². The summed E-state index contributed by atoms with van der Waals surface area (Å²) in [6.07, 6.45) is 3.88. The van der Waals surface area contributed by atoms with E-state index >= 15 is 0 Å². The molecule has 0 bridgehead atoms. The van der Waals surface area contributed by atoms with Gasteiger partial charge in [-0.3, -0.25) is 0 Å². The zero-order chi connectivity index (χ0) is 15.1. The number of anilines is 1. The predicted molar refractivity (Wildman–Crippen MR) is 83.8 cm³/mol. The lowest BCUT2D eigenvalue weighted by atomic mass is 9.99. The molecule has 2 amide bonds. The van der Waals surface area contributed by atoms with Crippen molar-refractivity contribution in [2.24, 2.45) is 5.92 Å². The molecular weight excluding hydrogens is 280 g/mol. The summed E-state index contributed by atoms with van der Waals surface area (Å²) in [4.78, 5) is 14.5. The molecule has 1 saturated heterocycles. The molecular formula is C17H22N2O3. The van der Waals surface area contributed by atoms with E-state index in [1.165, 1.54) is 0 Å². The average Bonchev–Trinajstić information content (AvgIpc) is 3.16. The predicted octanol–water partition coefficient (Wildman–Crippen LogP) is 2.82. The van der Waals surface area contributed by atoms with E-state index in [4.69, 9.17) is 9.47 Å². The number of likely N-dealkylation sites (tertiary alicyclic amines) is 1. The molecule has 0 atom stereocenters. The number of carbonyl (C=O) groups excluding carboxylic acids is 1. The molecule has 3 aliphatic heterocycles. The molecule has 3 aliphatic rings. The summed E-state index contributed by atoms with van der Waals surface area (Å²) in [5.41, 5.74) is 3.06. The first-order valence-electron chi connectivity index (χ1n) is 8.22. The molecule has 1 aromatic carbocycles. The van der Waals surface area contributed by atoms with Crippen molar-refractivity contribution in [2.75, 3.05) is 31.6 Å². The molecule has 0 saturated carbocycles. The first-order valence-corrected chi connectivity index (χ1v) is 8.22. The lowest BCUT2D eigenvalue weighted by Crippen LogP contribution is -2.40. The van der Waals surface area contributed by atoms with Crippen LogP contribution in [0.1, 0.15) is 30.9 Å². The Morgan fingerprint density at radius 1 is 1.23 bits per heavy atom. The summed E-state index contributed by atoms with van der Waals surface area (Å²) in [5.74, 6) is 2.47. The van der Waals surface area contributed by atoms with Crippen molar-refractivity contribution in [3.05, 3.63) is 17.2 Å². The molecule has 3 heterocycles. The van der Waals surface area contributed by atoms with Crippen molar-refractivity contribution >= 4 is 11.7 Å². The topological polar surface area (TPSA) is 50.8 Å². The van der Waals surface area contributed by atoms with Crippen molar-refractivity contribution in [3.63, 3.8) is 0 Å². The molecule has 4 rings (SSSR count). The number of piperidine rings is 1. The summed E-state index contributed by atoms with van der Waals surface area (Å²) in [5, 5.41) is 3.11. The largest absolute Gasteiger partial charge is 0.493 e. The smallest absolute Gasteiger partial charge is 0.321 e. The van der Waals surface area contributed by atoms with Gasteiger partial charge in [-0.05, 0) is 24.8 Å². The Labute approximate surface area is 130 Å². The molecule has 5 heteroatoms.